The molecular formula is C10H17N3O2. The summed E-state index contributed by atoms with van der Waals surface area (Å²) < 4.78 is 0. The summed E-state index contributed by atoms with van der Waals surface area (Å²) in [7, 11) is 0. The number of nitrogens with zero attached hydrogens (tertiary/aromatic N) is 3. The summed E-state index contributed by atoms with van der Waals surface area (Å²) in [6, 6.07) is 0.0667. The number of likely N-dealkylation sites (tertiary alicyclic amines) is 1. The smallest absolute Gasteiger partial charge is 0.231 e. The molecule has 0 aromatic rings. The van der Waals surface area contributed by atoms with Crippen molar-refractivity contribution in [2.24, 2.45) is 10.2 Å². The number of hydrogen-bond donors (Lipinski definition) is 0. The molecule has 1 aliphatic heterocycles. The van der Waals surface area contributed by atoms with Crippen molar-refractivity contribution in [1.82, 2.24) is 4.90 Å². The second-order valence-corrected chi connectivity index (χ2v) is 4.43. The van der Waals surface area contributed by atoms with Gasteiger partial charge in [-0.2, -0.15) is 10.2 Å². The molecule has 1 fully saturated rings. The molecule has 1 heterocycles. The zero-order chi connectivity index (χ0) is 11.6. The van der Waals surface area contributed by atoms with E-state index >= 15 is 0 Å². The van der Waals surface area contributed by atoms with Crippen LogP contribution in [0.4, 0.5) is 0 Å². The van der Waals surface area contributed by atoms with Gasteiger partial charge in [0.25, 0.3) is 0 Å². The minimum absolute atomic E-state index is 0.0667. The lowest BCUT2D eigenvalue weighted by Crippen LogP contribution is -2.45. The summed E-state index contributed by atoms with van der Waals surface area (Å²) in [6.07, 6.45) is 0.582. The van der Waals surface area contributed by atoms with Crippen LogP contribution in [0.15, 0.2) is 10.2 Å². The van der Waals surface area contributed by atoms with Crippen LogP contribution in [0.25, 0.3) is 0 Å². The molecule has 1 aliphatic rings. The Morgan fingerprint density at radius 1 is 1.20 bits per heavy atom. The largest absolute Gasteiger partial charge is 0.274 e. The molecule has 15 heavy (non-hydrogen) atoms. The molecule has 84 valence electrons. The second kappa shape index (κ2) is 4.08. The fraction of sp³-hybridized carbons (Fsp3) is 0.800. The Hall–Kier alpha value is -1.26. The standard InChI is InChI=1S/C10H17N3O2/c1-7(2)11-12-10(3,4)13-8(14)5-6-9(13)15/h7H,5-6H2,1-4H3. The molecule has 0 aliphatic carbocycles. The van der Waals surface area contributed by atoms with Crippen LogP contribution in [0.5, 0.6) is 0 Å². The molecule has 0 aromatic heterocycles. The van der Waals surface area contributed by atoms with Gasteiger partial charge in [-0.05, 0) is 27.7 Å². The van der Waals surface area contributed by atoms with E-state index < -0.39 is 5.66 Å². The third kappa shape index (κ3) is 2.61. The number of rotatable bonds is 3. The van der Waals surface area contributed by atoms with Crippen molar-refractivity contribution < 1.29 is 9.59 Å². The molecule has 1 rings (SSSR count). The Kier molecular flexibility index (Phi) is 3.21. The van der Waals surface area contributed by atoms with Crippen LogP contribution in [0.1, 0.15) is 40.5 Å². The van der Waals surface area contributed by atoms with Gasteiger partial charge in [-0.15, -0.1) is 0 Å². The summed E-state index contributed by atoms with van der Waals surface area (Å²) in [5.74, 6) is -0.319. The summed E-state index contributed by atoms with van der Waals surface area (Å²) in [6.45, 7) is 7.24. The van der Waals surface area contributed by atoms with Crippen LogP contribution in [0, 0.1) is 0 Å². The maximum absolute atomic E-state index is 11.5. The van der Waals surface area contributed by atoms with Crippen molar-refractivity contribution in [3.8, 4) is 0 Å². The third-order valence-corrected chi connectivity index (χ3v) is 2.13. The van der Waals surface area contributed by atoms with Gasteiger partial charge in [-0.25, -0.2) is 0 Å². The number of amides is 2. The molecule has 0 radical (unpaired) electrons. The van der Waals surface area contributed by atoms with E-state index in [1.54, 1.807) is 13.8 Å². The first-order valence-corrected chi connectivity index (χ1v) is 5.12. The Bertz CT molecular complexity index is 292. The first kappa shape index (κ1) is 11.8. The average molecular weight is 211 g/mol. The van der Waals surface area contributed by atoms with Crippen molar-refractivity contribution >= 4 is 11.8 Å². The Labute approximate surface area is 89.5 Å². The number of carbonyl (C=O) groups excluding carboxylic acids is 2. The maximum atomic E-state index is 11.5. The molecule has 0 atom stereocenters. The number of hydrogen-bond acceptors (Lipinski definition) is 4. The number of azo groups is 1. The predicted octanol–water partition coefficient (Wildman–Crippen LogP) is 1.73. The summed E-state index contributed by atoms with van der Waals surface area (Å²) in [5, 5.41) is 8.04. The first-order valence-electron chi connectivity index (χ1n) is 5.12. The van der Waals surface area contributed by atoms with Crippen molar-refractivity contribution in [3.63, 3.8) is 0 Å². The van der Waals surface area contributed by atoms with E-state index in [-0.39, 0.29) is 17.9 Å². The second-order valence-electron chi connectivity index (χ2n) is 4.43. The molecule has 5 nitrogen and oxygen atoms in total. The monoisotopic (exact) mass is 211 g/mol. The predicted molar refractivity (Wildman–Crippen MR) is 55.2 cm³/mol. The van der Waals surface area contributed by atoms with Crippen LogP contribution < -0.4 is 0 Å². The molecule has 2 amide bonds. The zero-order valence-corrected chi connectivity index (χ0v) is 9.65. The van der Waals surface area contributed by atoms with Gasteiger partial charge in [-0.1, -0.05) is 0 Å². The van der Waals surface area contributed by atoms with Crippen LogP contribution in [-0.4, -0.2) is 28.4 Å². The van der Waals surface area contributed by atoms with E-state index in [0.717, 1.165) is 0 Å². The first-order chi connectivity index (χ1) is 6.84. The molecule has 5 heteroatoms. The SMILES string of the molecule is CC(C)N=NC(C)(C)N1C(=O)CCC1=O. The molecule has 0 spiro atoms. The number of imide groups is 1. The summed E-state index contributed by atoms with van der Waals surface area (Å²) in [4.78, 5) is 24.2. The van der Waals surface area contributed by atoms with E-state index in [1.807, 2.05) is 13.8 Å². The molecular weight excluding hydrogens is 194 g/mol. The van der Waals surface area contributed by atoms with Crippen LogP contribution in [0.2, 0.25) is 0 Å². The Morgan fingerprint density at radius 3 is 2.07 bits per heavy atom. The van der Waals surface area contributed by atoms with Gasteiger partial charge in [-0.3, -0.25) is 14.5 Å². The summed E-state index contributed by atoms with van der Waals surface area (Å²) >= 11 is 0. The molecule has 0 bridgehead atoms. The van der Waals surface area contributed by atoms with Crippen molar-refractivity contribution in [2.75, 3.05) is 0 Å². The van der Waals surface area contributed by atoms with Crippen molar-refractivity contribution in [2.45, 2.75) is 52.2 Å². The van der Waals surface area contributed by atoms with E-state index in [1.165, 1.54) is 4.90 Å². The van der Waals surface area contributed by atoms with E-state index in [9.17, 15) is 9.59 Å². The van der Waals surface area contributed by atoms with Gasteiger partial charge in [0.2, 0.25) is 11.8 Å². The van der Waals surface area contributed by atoms with E-state index in [4.69, 9.17) is 0 Å². The molecule has 0 aromatic carbocycles. The molecule has 0 unspecified atom stereocenters. The fourth-order valence-electron chi connectivity index (χ4n) is 1.49. The van der Waals surface area contributed by atoms with E-state index in [0.29, 0.717) is 12.8 Å². The van der Waals surface area contributed by atoms with Gasteiger partial charge in [0.15, 0.2) is 5.66 Å². The van der Waals surface area contributed by atoms with E-state index in [2.05, 4.69) is 10.2 Å². The highest BCUT2D eigenvalue weighted by Crippen LogP contribution is 2.24. The minimum Gasteiger partial charge on any atom is -0.274 e. The summed E-state index contributed by atoms with van der Waals surface area (Å²) in [5.41, 5.74) is -0.852. The highest BCUT2D eigenvalue weighted by atomic mass is 16.2. The fourth-order valence-corrected chi connectivity index (χ4v) is 1.49. The van der Waals surface area contributed by atoms with Gasteiger partial charge in [0, 0.05) is 12.8 Å². The Morgan fingerprint density at radius 2 is 1.67 bits per heavy atom. The quantitative estimate of drug-likeness (QED) is 0.527. The molecule has 0 N–H and O–H groups in total. The maximum Gasteiger partial charge on any atom is 0.231 e. The van der Waals surface area contributed by atoms with Gasteiger partial charge in [0.1, 0.15) is 0 Å². The molecule has 1 saturated heterocycles. The zero-order valence-electron chi connectivity index (χ0n) is 9.65. The topological polar surface area (TPSA) is 62.1 Å². The highest BCUT2D eigenvalue weighted by Gasteiger charge is 2.40. The van der Waals surface area contributed by atoms with Crippen LogP contribution in [0.3, 0.4) is 0 Å². The lowest BCUT2D eigenvalue weighted by molar-refractivity contribution is -0.144. The van der Waals surface area contributed by atoms with Crippen molar-refractivity contribution in [3.05, 3.63) is 0 Å². The lowest BCUT2D eigenvalue weighted by Gasteiger charge is -2.28. The van der Waals surface area contributed by atoms with Gasteiger partial charge < -0.3 is 0 Å². The average Bonchev–Trinajstić information content (AvgIpc) is 2.43. The van der Waals surface area contributed by atoms with Crippen LogP contribution >= 0.6 is 0 Å². The number of carbonyl (C=O) groups is 2. The molecule has 0 saturated carbocycles. The third-order valence-electron chi connectivity index (χ3n) is 2.13. The Balaban J connectivity index is 2.84. The highest BCUT2D eigenvalue weighted by molar-refractivity contribution is 6.02. The van der Waals surface area contributed by atoms with Crippen molar-refractivity contribution in [1.29, 1.82) is 0 Å². The van der Waals surface area contributed by atoms with Crippen LogP contribution in [-0.2, 0) is 9.59 Å². The minimum atomic E-state index is -0.852. The lowest BCUT2D eigenvalue weighted by atomic mass is 10.2. The van der Waals surface area contributed by atoms with Gasteiger partial charge >= 0.3 is 0 Å². The normalized spacial score (nSPS) is 18.6. The van der Waals surface area contributed by atoms with Gasteiger partial charge in [0.05, 0.1) is 6.04 Å².